The van der Waals surface area contributed by atoms with Crippen LogP contribution in [0.4, 0.5) is 13.2 Å². The minimum Gasteiger partial charge on any atom is -0.343 e. The lowest BCUT2D eigenvalue weighted by Crippen LogP contribution is -2.47. The second-order valence-electron chi connectivity index (χ2n) is 3.76. The van der Waals surface area contributed by atoms with E-state index in [4.69, 9.17) is 0 Å². The Morgan fingerprint density at radius 2 is 1.85 bits per heavy atom. The van der Waals surface area contributed by atoms with Crippen molar-refractivity contribution in [2.24, 2.45) is 5.92 Å². The molecule has 2 nitrogen and oxygen atoms in total. The molecular formula is C8H12F3NO. The van der Waals surface area contributed by atoms with Gasteiger partial charge in [-0.1, -0.05) is 13.8 Å². The molecule has 1 aliphatic carbocycles. The Hall–Kier alpha value is -0.740. The maximum Gasteiger partial charge on any atom is 0.471 e. The van der Waals surface area contributed by atoms with E-state index in [1.54, 1.807) is 0 Å². The van der Waals surface area contributed by atoms with E-state index in [1.165, 1.54) is 0 Å². The van der Waals surface area contributed by atoms with E-state index in [-0.39, 0.29) is 5.92 Å². The van der Waals surface area contributed by atoms with Gasteiger partial charge in [0.2, 0.25) is 0 Å². The maximum absolute atomic E-state index is 11.9. The predicted molar refractivity (Wildman–Crippen MR) is 41.0 cm³/mol. The Kier molecular flexibility index (Phi) is 2.30. The van der Waals surface area contributed by atoms with E-state index in [2.05, 4.69) is 0 Å². The monoisotopic (exact) mass is 195 g/mol. The Labute approximate surface area is 74.5 Å². The topological polar surface area (TPSA) is 29.1 Å². The highest BCUT2D eigenvalue weighted by atomic mass is 19.4. The van der Waals surface area contributed by atoms with Gasteiger partial charge in [-0.3, -0.25) is 4.79 Å². The van der Waals surface area contributed by atoms with E-state index in [0.717, 1.165) is 0 Å². The van der Waals surface area contributed by atoms with Gasteiger partial charge < -0.3 is 5.32 Å². The third-order valence-electron chi connectivity index (χ3n) is 2.51. The zero-order valence-electron chi connectivity index (χ0n) is 7.53. The number of amides is 1. The molecule has 0 unspecified atom stereocenters. The summed E-state index contributed by atoms with van der Waals surface area (Å²) < 4.78 is 35.6. The standard InChI is InChI=1S/C8H12F3NO/c1-5(2)7(3-4-7)12-6(13)8(9,10)11/h5H,3-4H2,1-2H3,(H,12,13). The van der Waals surface area contributed by atoms with Crippen LogP contribution >= 0.6 is 0 Å². The van der Waals surface area contributed by atoms with Crippen LogP contribution in [-0.2, 0) is 4.79 Å². The second-order valence-corrected chi connectivity index (χ2v) is 3.76. The fraction of sp³-hybridized carbons (Fsp3) is 0.875. The third-order valence-corrected chi connectivity index (χ3v) is 2.51. The second kappa shape index (κ2) is 2.89. The van der Waals surface area contributed by atoms with E-state index in [1.807, 2.05) is 19.2 Å². The predicted octanol–water partition coefficient (Wildman–Crippen LogP) is 1.85. The SMILES string of the molecule is CC(C)C1(NC(=O)C(F)(F)F)CC1. The van der Waals surface area contributed by atoms with Crippen molar-refractivity contribution in [3.63, 3.8) is 0 Å². The van der Waals surface area contributed by atoms with E-state index < -0.39 is 17.6 Å². The normalized spacial score (nSPS) is 20.2. The van der Waals surface area contributed by atoms with Gasteiger partial charge in [0.05, 0.1) is 0 Å². The fourth-order valence-corrected chi connectivity index (χ4v) is 1.28. The number of nitrogens with one attached hydrogen (secondary N) is 1. The van der Waals surface area contributed by atoms with Crippen molar-refractivity contribution in [3.05, 3.63) is 0 Å². The van der Waals surface area contributed by atoms with Crippen molar-refractivity contribution in [2.75, 3.05) is 0 Å². The number of alkyl halides is 3. The first-order chi connectivity index (χ1) is 5.78. The van der Waals surface area contributed by atoms with Gasteiger partial charge in [-0.05, 0) is 18.8 Å². The van der Waals surface area contributed by atoms with Crippen molar-refractivity contribution >= 4 is 5.91 Å². The summed E-state index contributed by atoms with van der Waals surface area (Å²) in [5, 5.41) is 2.04. The molecule has 0 aromatic rings. The summed E-state index contributed by atoms with van der Waals surface area (Å²) in [6.45, 7) is 3.62. The minimum atomic E-state index is -4.76. The lowest BCUT2D eigenvalue weighted by Gasteiger charge is -2.21. The highest BCUT2D eigenvalue weighted by molar-refractivity contribution is 5.82. The van der Waals surface area contributed by atoms with Crippen LogP contribution in [-0.4, -0.2) is 17.6 Å². The average molecular weight is 195 g/mol. The zero-order valence-corrected chi connectivity index (χ0v) is 7.53. The van der Waals surface area contributed by atoms with Gasteiger partial charge >= 0.3 is 12.1 Å². The van der Waals surface area contributed by atoms with Gasteiger partial charge in [0.1, 0.15) is 0 Å². The summed E-state index contributed by atoms with van der Waals surface area (Å²) in [6, 6.07) is 0. The van der Waals surface area contributed by atoms with Gasteiger partial charge in [0.15, 0.2) is 0 Å². The highest BCUT2D eigenvalue weighted by Gasteiger charge is 2.51. The first kappa shape index (κ1) is 10.3. The molecule has 0 radical (unpaired) electrons. The summed E-state index contributed by atoms with van der Waals surface area (Å²) in [6.07, 6.45) is -3.47. The summed E-state index contributed by atoms with van der Waals surface area (Å²) >= 11 is 0. The quantitative estimate of drug-likeness (QED) is 0.715. The van der Waals surface area contributed by atoms with Crippen LogP contribution in [0, 0.1) is 5.92 Å². The van der Waals surface area contributed by atoms with Crippen LogP contribution in [0.15, 0.2) is 0 Å². The Bertz CT molecular complexity index is 218. The van der Waals surface area contributed by atoms with Crippen molar-refractivity contribution in [1.29, 1.82) is 0 Å². The maximum atomic E-state index is 11.9. The molecule has 0 aliphatic heterocycles. The molecule has 0 spiro atoms. The lowest BCUT2D eigenvalue weighted by atomic mass is 10.0. The Morgan fingerprint density at radius 1 is 1.38 bits per heavy atom. The molecule has 0 atom stereocenters. The molecule has 0 aromatic carbocycles. The van der Waals surface area contributed by atoms with Gasteiger partial charge in [-0.2, -0.15) is 13.2 Å². The number of carbonyl (C=O) groups is 1. The smallest absolute Gasteiger partial charge is 0.343 e. The first-order valence-corrected chi connectivity index (χ1v) is 4.17. The molecule has 0 saturated heterocycles. The number of carbonyl (C=O) groups excluding carboxylic acids is 1. The largest absolute Gasteiger partial charge is 0.471 e. The summed E-state index contributed by atoms with van der Waals surface area (Å²) in [4.78, 5) is 10.6. The average Bonchev–Trinajstić information content (AvgIpc) is 2.66. The molecule has 1 amide bonds. The van der Waals surface area contributed by atoms with Crippen LogP contribution in [0.2, 0.25) is 0 Å². The number of hydrogen-bond donors (Lipinski definition) is 1. The van der Waals surface area contributed by atoms with Crippen LogP contribution in [0.1, 0.15) is 26.7 Å². The molecule has 0 aromatic heterocycles. The van der Waals surface area contributed by atoms with Gasteiger partial charge in [0, 0.05) is 5.54 Å². The van der Waals surface area contributed by atoms with Gasteiger partial charge in [-0.15, -0.1) is 0 Å². The molecule has 1 saturated carbocycles. The number of hydrogen-bond acceptors (Lipinski definition) is 1. The Balaban J connectivity index is 2.55. The van der Waals surface area contributed by atoms with E-state index in [0.29, 0.717) is 12.8 Å². The summed E-state index contributed by atoms with van der Waals surface area (Å²) in [5.41, 5.74) is -0.591. The van der Waals surface area contributed by atoms with E-state index in [9.17, 15) is 18.0 Å². The molecule has 1 fully saturated rings. The van der Waals surface area contributed by atoms with E-state index >= 15 is 0 Å². The molecule has 76 valence electrons. The molecular weight excluding hydrogens is 183 g/mol. The van der Waals surface area contributed by atoms with Crippen molar-refractivity contribution in [1.82, 2.24) is 5.32 Å². The molecule has 1 aliphatic rings. The lowest BCUT2D eigenvalue weighted by molar-refractivity contribution is -0.175. The number of halogens is 3. The zero-order chi connectivity index (χ0) is 10.3. The van der Waals surface area contributed by atoms with Gasteiger partial charge in [0.25, 0.3) is 0 Å². The molecule has 1 rings (SSSR count). The molecule has 1 N–H and O–H groups in total. The van der Waals surface area contributed by atoms with Crippen LogP contribution < -0.4 is 5.32 Å². The summed E-state index contributed by atoms with van der Waals surface area (Å²) in [5.74, 6) is -1.77. The first-order valence-electron chi connectivity index (χ1n) is 4.17. The third kappa shape index (κ3) is 2.14. The summed E-state index contributed by atoms with van der Waals surface area (Å²) in [7, 11) is 0. The molecule has 5 heteroatoms. The minimum absolute atomic E-state index is 0.0544. The van der Waals surface area contributed by atoms with Gasteiger partial charge in [-0.25, -0.2) is 0 Å². The molecule has 0 bridgehead atoms. The van der Waals surface area contributed by atoms with Crippen LogP contribution in [0.25, 0.3) is 0 Å². The van der Waals surface area contributed by atoms with Crippen LogP contribution in [0.5, 0.6) is 0 Å². The molecule has 13 heavy (non-hydrogen) atoms. The Morgan fingerprint density at radius 3 is 2.08 bits per heavy atom. The molecule has 0 heterocycles. The van der Waals surface area contributed by atoms with Crippen molar-refractivity contribution in [2.45, 2.75) is 38.4 Å². The fourth-order valence-electron chi connectivity index (χ4n) is 1.28. The van der Waals surface area contributed by atoms with Crippen molar-refractivity contribution < 1.29 is 18.0 Å². The highest BCUT2D eigenvalue weighted by Crippen LogP contribution is 2.42. The number of rotatable bonds is 2. The van der Waals surface area contributed by atoms with Crippen LogP contribution in [0.3, 0.4) is 0 Å². The van der Waals surface area contributed by atoms with Crippen molar-refractivity contribution in [3.8, 4) is 0 Å².